The summed E-state index contributed by atoms with van der Waals surface area (Å²) < 4.78 is 27.3. The van der Waals surface area contributed by atoms with Gasteiger partial charge in [-0.05, 0) is 18.6 Å². The molecule has 22 heavy (non-hydrogen) atoms. The van der Waals surface area contributed by atoms with Crippen molar-refractivity contribution in [3.8, 4) is 0 Å². The molecule has 3 rings (SSSR count). The molecule has 5 nitrogen and oxygen atoms in total. The van der Waals surface area contributed by atoms with Gasteiger partial charge in [-0.25, -0.2) is 18.7 Å². The third-order valence-corrected chi connectivity index (χ3v) is 3.73. The summed E-state index contributed by atoms with van der Waals surface area (Å²) in [6.45, 7) is 0. The number of benzene rings is 1. The fourth-order valence-electron chi connectivity index (χ4n) is 2.29. The number of hydrogen-bond donors (Lipinski definition) is 2. The van der Waals surface area contributed by atoms with E-state index in [0.29, 0.717) is 6.42 Å². The first-order valence-corrected chi connectivity index (χ1v) is 6.92. The van der Waals surface area contributed by atoms with E-state index in [0.717, 1.165) is 0 Å². The Balaban J connectivity index is 1.63. The van der Waals surface area contributed by atoms with E-state index in [1.54, 1.807) is 0 Å². The molecule has 0 spiro atoms. The zero-order valence-electron chi connectivity index (χ0n) is 11.2. The SMILES string of the molecule is O=C(NNc1nccnc1Cl)C1CC1c1c(F)cccc1F. The van der Waals surface area contributed by atoms with Gasteiger partial charge in [-0.2, -0.15) is 0 Å². The van der Waals surface area contributed by atoms with Crippen LogP contribution in [0.3, 0.4) is 0 Å². The highest BCUT2D eigenvalue weighted by Crippen LogP contribution is 2.49. The minimum atomic E-state index is -0.634. The number of halogens is 3. The molecular formula is C14H11ClF2N4O. The number of nitrogens with zero attached hydrogens (tertiary/aromatic N) is 2. The van der Waals surface area contributed by atoms with E-state index < -0.39 is 23.5 Å². The van der Waals surface area contributed by atoms with Crippen LogP contribution in [-0.2, 0) is 4.79 Å². The van der Waals surface area contributed by atoms with Crippen LogP contribution >= 0.6 is 11.6 Å². The Hall–Kier alpha value is -2.28. The lowest BCUT2D eigenvalue weighted by Crippen LogP contribution is -2.31. The molecule has 1 aromatic heterocycles. The minimum absolute atomic E-state index is 0.0415. The number of carbonyl (C=O) groups is 1. The molecule has 0 radical (unpaired) electrons. The minimum Gasteiger partial charge on any atom is -0.279 e. The van der Waals surface area contributed by atoms with E-state index in [9.17, 15) is 13.6 Å². The number of hydrazine groups is 1. The molecule has 0 bridgehead atoms. The number of aromatic nitrogens is 2. The van der Waals surface area contributed by atoms with Crippen LogP contribution in [-0.4, -0.2) is 15.9 Å². The summed E-state index contributed by atoms with van der Waals surface area (Å²) >= 11 is 5.78. The monoisotopic (exact) mass is 324 g/mol. The lowest BCUT2D eigenvalue weighted by Gasteiger charge is -2.08. The smallest absolute Gasteiger partial charge is 0.242 e. The van der Waals surface area contributed by atoms with Crippen molar-refractivity contribution in [2.45, 2.75) is 12.3 Å². The first-order valence-electron chi connectivity index (χ1n) is 6.54. The van der Waals surface area contributed by atoms with Crippen LogP contribution in [0.1, 0.15) is 17.9 Å². The van der Waals surface area contributed by atoms with Crippen LogP contribution in [0.5, 0.6) is 0 Å². The Bertz CT molecular complexity index is 707. The Labute approximate surface area is 129 Å². The van der Waals surface area contributed by atoms with Crippen LogP contribution in [0.2, 0.25) is 5.15 Å². The van der Waals surface area contributed by atoms with E-state index >= 15 is 0 Å². The van der Waals surface area contributed by atoms with E-state index in [2.05, 4.69) is 20.8 Å². The maximum Gasteiger partial charge on any atom is 0.242 e. The number of anilines is 1. The fraction of sp³-hybridized carbons (Fsp3) is 0.214. The molecule has 1 heterocycles. The van der Waals surface area contributed by atoms with Gasteiger partial charge >= 0.3 is 0 Å². The Morgan fingerprint density at radius 3 is 2.59 bits per heavy atom. The van der Waals surface area contributed by atoms with Gasteiger partial charge in [0, 0.05) is 29.8 Å². The first kappa shape index (κ1) is 14.6. The summed E-state index contributed by atoms with van der Waals surface area (Å²) in [5, 5.41) is 0.107. The molecule has 2 N–H and O–H groups in total. The molecule has 2 aromatic rings. The predicted octanol–water partition coefficient (Wildman–Crippen LogP) is 2.66. The number of rotatable bonds is 4. The van der Waals surface area contributed by atoms with Crippen molar-refractivity contribution in [1.29, 1.82) is 0 Å². The number of nitrogens with one attached hydrogen (secondary N) is 2. The zero-order chi connectivity index (χ0) is 15.7. The van der Waals surface area contributed by atoms with Crippen LogP contribution in [0.25, 0.3) is 0 Å². The van der Waals surface area contributed by atoms with E-state index in [-0.39, 0.29) is 22.4 Å². The van der Waals surface area contributed by atoms with Crippen molar-refractivity contribution in [1.82, 2.24) is 15.4 Å². The molecular weight excluding hydrogens is 314 g/mol. The lowest BCUT2D eigenvalue weighted by molar-refractivity contribution is -0.121. The van der Waals surface area contributed by atoms with Gasteiger partial charge in [0.1, 0.15) is 11.6 Å². The highest BCUT2D eigenvalue weighted by molar-refractivity contribution is 6.31. The van der Waals surface area contributed by atoms with E-state index in [4.69, 9.17) is 11.6 Å². The van der Waals surface area contributed by atoms with Crippen molar-refractivity contribution >= 4 is 23.3 Å². The Kier molecular flexibility index (Phi) is 3.89. The number of hydrogen-bond acceptors (Lipinski definition) is 4. The molecule has 2 atom stereocenters. The number of amides is 1. The van der Waals surface area contributed by atoms with Crippen LogP contribution in [0.15, 0.2) is 30.6 Å². The molecule has 1 saturated carbocycles. The van der Waals surface area contributed by atoms with Crippen molar-refractivity contribution in [2.75, 3.05) is 5.43 Å². The molecule has 0 saturated heterocycles. The molecule has 1 aromatic carbocycles. The molecule has 1 amide bonds. The molecule has 1 fully saturated rings. The zero-order valence-corrected chi connectivity index (χ0v) is 11.9. The second-order valence-corrected chi connectivity index (χ2v) is 5.25. The summed E-state index contributed by atoms with van der Waals surface area (Å²) in [5.74, 6) is -2.40. The quantitative estimate of drug-likeness (QED) is 0.849. The summed E-state index contributed by atoms with van der Waals surface area (Å²) in [4.78, 5) is 19.7. The van der Waals surface area contributed by atoms with Gasteiger partial charge in [0.05, 0.1) is 0 Å². The first-order chi connectivity index (χ1) is 10.6. The Morgan fingerprint density at radius 1 is 1.23 bits per heavy atom. The molecule has 2 unspecified atom stereocenters. The van der Waals surface area contributed by atoms with Crippen LogP contribution in [0.4, 0.5) is 14.6 Å². The summed E-state index contributed by atoms with van der Waals surface area (Å²) in [6.07, 6.45) is 3.21. The largest absolute Gasteiger partial charge is 0.279 e. The van der Waals surface area contributed by atoms with Crippen molar-refractivity contribution in [3.63, 3.8) is 0 Å². The second-order valence-electron chi connectivity index (χ2n) is 4.89. The van der Waals surface area contributed by atoms with Crippen LogP contribution < -0.4 is 10.9 Å². The average Bonchev–Trinajstić information content (AvgIpc) is 3.26. The highest BCUT2D eigenvalue weighted by Gasteiger charge is 2.46. The molecule has 114 valence electrons. The highest BCUT2D eigenvalue weighted by atomic mass is 35.5. The van der Waals surface area contributed by atoms with Gasteiger partial charge < -0.3 is 0 Å². The lowest BCUT2D eigenvalue weighted by atomic mass is 10.1. The third kappa shape index (κ3) is 2.85. The average molecular weight is 325 g/mol. The standard InChI is InChI=1S/C14H11ClF2N4O/c15-12-13(19-5-4-18-12)20-21-14(22)8-6-7(8)11-9(16)2-1-3-10(11)17/h1-5,7-8H,6H2,(H,19,20)(H,21,22). The number of carbonyl (C=O) groups excluding carboxylic acids is 1. The summed E-state index contributed by atoms with van der Waals surface area (Å²) in [5.41, 5.74) is 4.92. The van der Waals surface area contributed by atoms with Gasteiger partial charge in [-0.15, -0.1) is 0 Å². The Morgan fingerprint density at radius 2 is 1.91 bits per heavy atom. The van der Waals surface area contributed by atoms with Gasteiger partial charge in [0.2, 0.25) is 5.91 Å². The van der Waals surface area contributed by atoms with Crippen molar-refractivity contribution < 1.29 is 13.6 Å². The third-order valence-electron chi connectivity index (χ3n) is 3.46. The van der Waals surface area contributed by atoms with Crippen LogP contribution in [0, 0.1) is 17.6 Å². The molecule has 1 aliphatic carbocycles. The van der Waals surface area contributed by atoms with Crippen molar-refractivity contribution in [3.05, 3.63) is 52.9 Å². The normalized spacial score (nSPS) is 19.6. The maximum absolute atomic E-state index is 13.7. The van der Waals surface area contributed by atoms with Gasteiger partial charge in [-0.1, -0.05) is 17.7 Å². The van der Waals surface area contributed by atoms with Crippen molar-refractivity contribution in [2.24, 2.45) is 5.92 Å². The van der Waals surface area contributed by atoms with E-state index in [1.807, 2.05) is 0 Å². The molecule has 8 heteroatoms. The van der Waals surface area contributed by atoms with Gasteiger partial charge in [0.15, 0.2) is 11.0 Å². The molecule has 0 aliphatic heterocycles. The summed E-state index contributed by atoms with van der Waals surface area (Å²) in [6, 6.07) is 3.66. The van der Waals surface area contributed by atoms with Gasteiger partial charge in [-0.3, -0.25) is 15.6 Å². The summed E-state index contributed by atoms with van der Waals surface area (Å²) in [7, 11) is 0. The molecule has 1 aliphatic rings. The van der Waals surface area contributed by atoms with Gasteiger partial charge in [0.25, 0.3) is 0 Å². The fourth-order valence-corrected chi connectivity index (χ4v) is 2.44. The topological polar surface area (TPSA) is 66.9 Å². The van der Waals surface area contributed by atoms with E-state index in [1.165, 1.54) is 30.6 Å². The second kappa shape index (κ2) is 5.84. The maximum atomic E-state index is 13.7. The predicted molar refractivity (Wildman–Crippen MR) is 76.0 cm³/mol.